The lowest BCUT2D eigenvalue weighted by atomic mass is 10.0. The number of hydrogen-bond donors (Lipinski definition) is 1. The number of benzene rings is 1. The van der Waals surface area contributed by atoms with E-state index in [1.807, 2.05) is 12.1 Å². The van der Waals surface area contributed by atoms with Gasteiger partial charge in [0.05, 0.1) is 10.2 Å². The molecule has 0 spiro atoms. The number of hydrogen-bond acceptors (Lipinski definition) is 4. The minimum absolute atomic E-state index is 0.164. The quantitative estimate of drug-likeness (QED) is 0.793. The van der Waals surface area contributed by atoms with Gasteiger partial charge in [-0.25, -0.2) is 4.98 Å². The van der Waals surface area contributed by atoms with Crippen molar-refractivity contribution in [3.63, 3.8) is 0 Å². The third-order valence-electron chi connectivity index (χ3n) is 3.24. The normalized spacial score (nSPS) is 11.0. The Morgan fingerprint density at radius 2 is 1.95 bits per heavy atom. The van der Waals surface area contributed by atoms with Gasteiger partial charge in [-0.2, -0.15) is 0 Å². The molecule has 21 heavy (non-hydrogen) atoms. The molecule has 1 aromatic carbocycles. The van der Waals surface area contributed by atoms with Crippen molar-refractivity contribution in [2.75, 3.05) is 5.32 Å². The fraction of sp³-hybridized carbons (Fsp3) is 0.188. The number of pyridine rings is 1. The summed E-state index contributed by atoms with van der Waals surface area (Å²) in [7, 11) is 0. The number of rotatable bonds is 3. The molecule has 5 heteroatoms. The van der Waals surface area contributed by atoms with Gasteiger partial charge in [-0.15, -0.1) is 0 Å². The number of nitrogens with one attached hydrogen (secondary N) is 1. The van der Waals surface area contributed by atoms with Gasteiger partial charge < -0.3 is 0 Å². The van der Waals surface area contributed by atoms with Gasteiger partial charge in [-0.3, -0.25) is 15.1 Å². The molecule has 2 aromatic heterocycles. The van der Waals surface area contributed by atoms with Crippen LogP contribution in [0.4, 0.5) is 5.13 Å². The Morgan fingerprint density at radius 1 is 1.19 bits per heavy atom. The zero-order valence-corrected chi connectivity index (χ0v) is 12.6. The number of nitrogens with zero attached hydrogens (tertiary/aromatic N) is 2. The van der Waals surface area contributed by atoms with E-state index >= 15 is 0 Å². The highest BCUT2D eigenvalue weighted by Crippen LogP contribution is 2.31. The second kappa shape index (κ2) is 5.61. The molecule has 0 saturated heterocycles. The highest BCUT2D eigenvalue weighted by molar-refractivity contribution is 7.22. The number of anilines is 1. The minimum Gasteiger partial charge on any atom is -0.298 e. The third kappa shape index (κ3) is 2.78. The summed E-state index contributed by atoms with van der Waals surface area (Å²) in [6.45, 7) is 4.28. The lowest BCUT2D eigenvalue weighted by Crippen LogP contribution is -2.11. The first-order valence-electron chi connectivity index (χ1n) is 6.76. The Kier molecular flexibility index (Phi) is 3.66. The second-order valence-corrected chi connectivity index (χ2v) is 6.09. The monoisotopic (exact) mass is 297 g/mol. The van der Waals surface area contributed by atoms with Gasteiger partial charge >= 0.3 is 0 Å². The number of carbonyl (C=O) groups is 1. The van der Waals surface area contributed by atoms with Gasteiger partial charge in [0.2, 0.25) is 0 Å². The predicted octanol–water partition coefficient (Wildman–Crippen LogP) is 4.07. The molecule has 0 unspecified atom stereocenters. The number of aromatic nitrogens is 2. The van der Waals surface area contributed by atoms with Gasteiger partial charge in [-0.05, 0) is 29.7 Å². The van der Waals surface area contributed by atoms with E-state index in [1.165, 1.54) is 16.9 Å². The van der Waals surface area contributed by atoms with E-state index in [1.54, 1.807) is 24.5 Å². The summed E-state index contributed by atoms with van der Waals surface area (Å²) in [6, 6.07) is 9.51. The molecule has 0 aliphatic heterocycles. The summed E-state index contributed by atoms with van der Waals surface area (Å²) in [5, 5.41) is 3.48. The molecule has 0 aliphatic rings. The van der Waals surface area contributed by atoms with E-state index in [0.29, 0.717) is 16.6 Å². The van der Waals surface area contributed by atoms with Crippen LogP contribution in [0.25, 0.3) is 10.2 Å². The van der Waals surface area contributed by atoms with E-state index in [4.69, 9.17) is 0 Å². The summed E-state index contributed by atoms with van der Waals surface area (Å²) >= 11 is 1.49. The number of amides is 1. The molecule has 2 heterocycles. The Morgan fingerprint density at radius 3 is 2.67 bits per heavy atom. The summed E-state index contributed by atoms with van der Waals surface area (Å²) in [5.41, 5.74) is 2.75. The van der Waals surface area contributed by atoms with Crippen LogP contribution in [0.3, 0.4) is 0 Å². The summed E-state index contributed by atoms with van der Waals surface area (Å²) in [5.74, 6) is 0.238. The maximum atomic E-state index is 12.1. The molecular weight excluding hydrogens is 282 g/mol. The number of carbonyl (C=O) groups excluding carboxylic acids is 1. The van der Waals surface area contributed by atoms with Crippen LogP contribution in [-0.2, 0) is 0 Å². The van der Waals surface area contributed by atoms with Crippen LogP contribution in [0.5, 0.6) is 0 Å². The van der Waals surface area contributed by atoms with Crippen molar-refractivity contribution in [1.29, 1.82) is 0 Å². The molecule has 0 radical (unpaired) electrons. The van der Waals surface area contributed by atoms with Gasteiger partial charge in [0.25, 0.3) is 5.91 Å². The molecule has 0 aliphatic carbocycles. The molecule has 3 aromatic rings. The fourth-order valence-electron chi connectivity index (χ4n) is 2.16. The maximum absolute atomic E-state index is 12.1. The van der Waals surface area contributed by atoms with Crippen molar-refractivity contribution in [2.45, 2.75) is 19.8 Å². The van der Waals surface area contributed by atoms with E-state index in [-0.39, 0.29) is 5.91 Å². The predicted molar refractivity (Wildman–Crippen MR) is 85.9 cm³/mol. The van der Waals surface area contributed by atoms with Crippen molar-refractivity contribution in [3.8, 4) is 0 Å². The van der Waals surface area contributed by atoms with Crippen molar-refractivity contribution in [3.05, 3.63) is 53.9 Å². The average molecular weight is 297 g/mol. The molecule has 0 saturated carbocycles. The lowest BCUT2D eigenvalue weighted by Gasteiger charge is -2.04. The van der Waals surface area contributed by atoms with Crippen LogP contribution in [0.1, 0.15) is 35.7 Å². The van der Waals surface area contributed by atoms with Crippen LogP contribution >= 0.6 is 11.3 Å². The molecule has 3 rings (SSSR count). The molecular formula is C16H15N3OS. The summed E-state index contributed by atoms with van der Waals surface area (Å²) in [4.78, 5) is 20.6. The Balaban J connectivity index is 1.92. The summed E-state index contributed by atoms with van der Waals surface area (Å²) < 4.78 is 1.09. The van der Waals surface area contributed by atoms with E-state index in [0.717, 1.165) is 10.2 Å². The first-order valence-corrected chi connectivity index (χ1v) is 7.57. The highest BCUT2D eigenvalue weighted by atomic mass is 32.1. The molecule has 1 N–H and O–H groups in total. The zero-order valence-electron chi connectivity index (χ0n) is 11.8. The molecule has 0 fully saturated rings. The minimum atomic E-state index is -0.164. The largest absolute Gasteiger partial charge is 0.298 e. The Labute approximate surface area is 126 Å². The second-order valence-electron chi connectivity index (χ2n) is 5.06. The first kappa shape index (κ1) is 13.7. The SMILES string of the molecule is CC(C)c1cccc2sc(NC(=O)c3ccncc3)nc12. The molecule has 1 amide bonds. The smallest absolute Gasteiger partial charge is 0.257 e. The number of fused-ring (bicyclic) bond motifs is 1. The van der Waals surface area contributed by atoms with Crippen LogP contribution in [-0.4, -0.2) is 15.9 Å². The van der Waals surface area contributed by atoms with Gasteiger partial charge in [0.1, 0.15) is 0 Å². The van der Waals surface area contributed by atoms with Crippen molar-refractivity contribution in [2.24, 2.45) is 0 Å². The van der Waals surface area contributed by atoms with Crippen LogP contribution in [0.2, 0.25) is 0 Å². The van der Waals surface area contributed by atoms with Gasteiger partial charge in [-0.1, -0.05) is 37.3 Å². The molecule has 0 bridgehead atoms. The number of para-hydroxylation sites is 1. The topological polar surface area (TPSA) is 54.9 Å². The highest BCUT2D eigenvalue weighted by Gasteiger charge is 2.13. The van der Waals surface area contributed by atoms with Crippen LogP contribution in [0, 0.1) is 0 Å². The van der Waals surface area contributed by atoms with Crippen molar-refractivity contribution in [1.82, 2.24) is 9.97 Å². The molecule has 0 atom stereocenters. The fourth-order valence-corrected chi connectivity index (χ4v) is 3.06. The maximum Gasteiger partial charge on any atom is 0.257 e. The molecule has 106 valence electrons. The lowest BCUT2D eigenvalue weighted by molar-refractivity contribution is 0.102. The standard InChI is InChI=1S/C16H15N3OS/c1-10(2)12-4-3-5-13-14(12)18-16(21-13)19-15(20)11-6-8-17-9-7-11/h3-10H,1-2H3,(H,18,19,20). The first-order chi connectivity index (χ1) is 10.1. The van der Waals surface area contributed by atoms with Crippen LogP contribution in [0.15, 0.2) is 42.7 Å². The average Bonchev–Trinajstić information content (AvgIpc) is 2.89. The third-order valence-corrected chi connectivity index (χ3v) is 4.17. The van der Waals surface area contributed by atoms with Crippen molar-refractivity contribution < 1.29 is 4.79 Å². The van der Waals surface area contributed by atoms with Crippen LogP contribution < -0.4 is 5.32 Å². The van der Waals surface area contributed by atoms with E-state index < -0.39 is 0 Å². The van der Waals surface area contributed by atoms with Crippen molar-refractivity contribution >= 4 is 32.6 Å². The zero-order chi connectivity index (χ0) is 14.8. The Bertz CT molecular complexity index is 781. The van der Waals surface area contributed by atoms with E-state index in [2.05, 4.69) is 35.2 Å². The summed E-state index contributed by atoms with van der Waals surface area (Å²) in [6.07, 6.45) is 3.20. The van der Waals surface area contributed by atoms with Gasteiger partial charge in [0.15, 0.2) is 5.13 Å². The molecule has 4 nitrogen and oxygen atoms in total. The van der Waals surface area contributed by atoms with E-state index in [9.17, 15) is 4.79 Å². The van der Waals surface area contributed by atoms with Gasteiger partial charge in [0, 0.05) is 18.0 Å². The number of thiazole rings is 1. The Hall–Kier alpha value is -2.27.